The molecule has 90 valence electrons. The van der Waals surface area contributed by atoms with E-state index >= 15 is 0 Å². The smallest absolute Gasteiger partial charge is 0.303 e. The predicted octanol–water partition coefficient (Wildman–Crippen LogP) is 2.63. The number of carbonyl (C=O) groups excluding carboxylic acids is 1. The highest BCUT2D eigenvalue weighted by molar-refractivity contribution is 5.78. The van der Waals surface area contributed by atoms with E-state index in [1.54, 1.807) is 0 Å². The highest BCUT2D eigenvalue weighted by Gasteiger charge is 2.27. The first kappa shape index (κ1) is 14.4. The molecule has 0 spiro atoms. The van der Waals surface area contributed by atoms with Crippen molar-refractivity contribution in [2.45, 2.75) is 39.3 Å². The summed E-state index contributed by atoms with van der Waals surface area (Å²) in [7, 11) is 0. The van der Waals surface area contributed by atoms with Gasteiger partial charge in [0.15, 0.2) is 0 Å². The van der Waals surface area contributed by atoms with E-state index < -0.39 is 12.6 Å². The van der Waals surface area contributed by atoms with E-state index in [2.05, 4.69) is 0 Å². The Hall–Kier alpha value is -0.580. The first-order valence-electron chi connectivity index (χ1n) is 5.19. The Balaban J connectivity index is 3.66. The number of hydrogen-bond acceptors (Lipinski definition) is 2. The lowest BCUT2D eigenvalue weighted by molar-refractivity contribution is -0.143. The number of nitrogens with zero attached hydrogens (tertiary/aromatic N) is 1. The van der Waals surface area contributed by atoms with Gasteiger partial charge in [-0.25, -0.2) is 0 Å². The number of halogens is 3. The van der Waals surface area contributed by atoms with Gasteiger partial charge in [0, 0.05) is 19.4 Å². The van der Waals surface area contributed by atoms with Crippen LogP contribution in [0.15, 0.2) is 0 Å². The minimum atomic E-state index is -4.22. The summed E-state index contributed by atoms with van der Waals surface area (Å²) in [6.45, 7) is 6.13. The summed E-state index contributed by atoms with van der Waals surface area (Å²) in [5, 5.41) is 0. The van der Waals surface area contributed by atoms with Crippen LogP contribution in [0.1, 0.15) is 33.1 Å². The average molecular weight is 225 g/mol. The number of Topliss-reactive ketones (excluding diaryl/α,β-unsaturated/α-hetero) is 1. The molecule has 0 heterocycles. The molecule has 0 N–H and O–H groups in total. The highest BCUT2D eigenvalue weighted by atomic mass is 19.4. The largest absolute Gasteiger partial charge is 0.389 e. The minimum Gasteiger partial charge on any atom is -0.303 e. The molecule has 0 unspecified atom stereocenters. The van der Waals surface area contributed by atoms with Gasteiger partial charge in [0.05, 0.1) is 6.42 Å². The molecule has 0 saturated heterocycles. The number of alkyl halides is 3. The van der Waals surface area contributed by atoms with Crippen molar-refractivity contribution in [1.82, 2.24) is 4.90 Å². The van der Waals surface area contributed by atoms with Crippen molar-refractivity contribution in [2.75, 3.05) is 19.6 Å². The summed E-state index contributed by atoms with van der Waals surface area (Å²) in [6.07, 6.45) is -5.38. The Bertz CT molecular complexity index is 188. The van der Waals surface area contributed by atoms with Crippen molar-refractivity contribution in [3.05, 3.63) is 0 Å². The van der Waals surface area contributed by atoms with E-state index in [0.717, 1.165) is 13.1 Å². The molecule has 2 nitrogen and oxygen atoms in total. The monoisotopic (exact) mass is 225 g/mol. The number of rotatable bonds is 7. The Morgan fingerprint density at radius 3 is 2.07 bits per heavy atom. The third-order valence-corrected chi connectivity index (χ3v) is 2.29. The number of carbonyl (C=O) groups is 1. The van der Waals surface area contributed by atoms with Crippen LogP contribution in [0.3, 0.4) is 0 Å². The summed E-state index contributed by atoms with van der Waals surface area (Å²) >= 11 is 0. The van der Waals surface area contributed by atoms with E-state index in [-0.39, 0.29) is 18.6 Å². The first-order chi connectivity index (χ1) is 6.89. The zero-order valence-electron chi connectivity index (χ0n) is 9.23. The van der Waals surface area contributed by atoms with Gasteiger partial charge in [-0.05, 0) is 13.1 Å². The van der Waals surface area contributed by atoms with Gasteiger partial charge in [-0.2, -0.15) is 13.2 Å². The van der Waals surface area contributed by atoms with E-state index in [9.17, 15) is 18.0 Å². The third-order valence-electron chi connectivity index (χ3n) is 2.29. The molecule has 0 amide bonds. The molecular weight excluding hydrogens is 207 g/mol. The van der Waals surface area contributed by atoms with Crippen LogP contribution in [0.4, 0.5) is 13.2 Å². The summed E-state index contributed by atoms with van der Waals surface area (Å²) in [5.74, 6) is -0.306. The maximum absolute atomic E-state index is 11.8. The molecule has 0 rings (SSSR count). The summed E-state index contributed by atoms with van der Waals surface area (Å²) < 4.78 is 35.4. The second kappa shape index (κ2) is 6.82. The van der Waals surface area contributed by atoms with Crippen LogP contribution in [0.2, 0.25) is 0 Å². The van der Waals surface area contributed by atoms with Crippen LogP contribution in [0.5, 0.6) is 0 Å². The van der Waals surface area contributed by atoms with Crippen LogP contribution >= 0.6 is 0 Å². The van der Waals surface area contributed by atoms with Gasteiger partial charge in [0.25, 0.3) is 0 Å². The van der Waals surface area contributed by atoms with Gasteiger partial charge in [0.1, 0.15) is 5.78 Å². The lowest BCUT2D eigenvalue weighted by Crippen LogP contribution is -2.26. The number of hydrogen-bond donors (Lipinski definition) is 0. The molecule has 15 heavy (non-hydrogen) atoms. The standard InChI is InChI=1S/C10H18F3NO/c1-3-14(4-2)8-6-9(15)5-7-10(11,12)13/h3-8H2,1-2H3. The van der Waals surface area contributed by atoms with Crippen LogP contribution in [-0.4, -0.2) is 36.5 Å². The van der Waals surface area contributed by atoms with Crippen molar-refractivity contribution >= 4 is 5.78 Å². The molecule has 0 aliphatic heterocycles. The Morgan fingerprint density at radius 2 is 1.67 bits per heavy atom. The second-order valence-corrected chi connectivity index (χ2v) is 3.43. The normalized spacial score (nSPS) is 12.1. The minimum absolute atomic E-state index is 0.220. The van der Waals surface area contributed by atoms with Gasteiger partial charge in [-0.15, -0.1) is 0 Å². The molecule has 0 radical (unpaired) electrons. The van der Waals surface area contributed by atoms with Crippen LogP contribution in [0, 0.1) is 0 Å². The Morgan fingerprint density at radius 1 is 1.13 bits per heavy atom. The number of ketones is 1. The fourth-order valence-corrected chi connectivity index (χ4v) is 1.23. The Labute approximate surface area is 88.4 Å². The fraction of sp³-hybridized carbons (Fsp3) is 0.900. The summed E-state index contributed by atoms with van der Waals surface area (Å²) in [4.78, 5) is 13.1. The molecule has 0 aliphatic rings. The molecule has 5 heteroatoms. The van der Waals surface area contributed by atoms with Gasteiger partial charge >= 0.3 is 6.18 Å². The average Bonchev–Trinajstić information content (AvgIpc) is 2.15. The van der Waals surface area contributed by atoms with Crippen molar-refractivity contribution in [1.29, 1.82) is 0 Å². The SMILES string of the molecule is CCN(CC)CCC(=O)CCC(F)(F)F. The van der Waals surface area contributed by atoms with E-state index in [0.29, 0.717) is 6.54 Å². The fourth-order valence-electron chi connectivity index (χ4n) is 1.23. The van der Waals surface area contributed by atoms with Gasteiger partial charge in [-0.1, -0.05) is 13.8 Å². The first-order valence-corrected chi connectivity index (χ1v) is 5.19. The maximum Gasteiger partial charge on any atom is 0.389 e. The molecule has 0 aromatic carbocycles. The molecule has 0 aromatic rings. The molecular formula is C10H18F3NO. The molecule has 0 aliphatic carbocycles. The lowest BCUT2D eigenvalue weighted by atomic mass is 10.1. The van der Waals surface area contributed by atoms with Gasteiger partial charge < -0.3 is 4.90 Å². The van der Waals surface area contributed by atoms with Crippen LogP contribution < -0.4 is 0 Å². The van der Waals surface area contributed by atoms with Crippen LogP contribution in [-0.2, 0) is 4.79 Å². The molecule has 0 saturated carbocycles. The van der Waals surface area contributed by atoms with E-state index in [1.807, 2.05) is 18.7 Å². The van der Waals surface area contributed by atoms with Crippen molar-refractivity contribution in [3.8, 4) is 0 Å². The van der Waals surface area contributed by atoms with E-state index in [4.69, 9.17) is 0 Å². The van der Waals surface area contributed by atoms with Crippen molar-refractivity contribution < 1.29 is 18.0 Å². The quantitative estimate of drug-likeness (QED) is 0.663. The topological polar surface area (TPSA) is 20.3 Å². The second-order valence-electron chi connectivity index (χ2n) is 3.43. The maximum atomic E-state index is 11.8. The third kappa shape index (κ3) is 8.42. The van der Waals surface area contributed by atoms with E-state index in [1.165, 1.54) is 0 Å². The van der Waals surface area contributed by atoms with Gasteiger partial charge in [0.2, 0.25) is 0 Å². The molecule has 0 bridgehead atoms. The molecule has 0 fully saturated rings. The Kier molecular flexibility index (Phi) is 6.56. The highest BCUT2D eigenvalue weighted by Crippen LogP contribution is 2.21. The molecule has 0 aromatic heterocycles. The zero-order valence-corrected chi connectivity index (χ0v) is 9.23. The van der Waals surface area contributed by atoms with Gasteiger partial charge in [-0.3, -0.25) is 4.79 Å². The zero-order chi connectivity index (χ0) is 11.9. The lowest BCUT2D eigenvalue weighted by Gasteiger charge is -2.17. The predicted molar refractivity (Wildman–Crippen MR) is 52.7 cm³/mol. The molecule has 0 atom stereocenters. The van der Waals surface area contributed by atoms with Crippen LogP contribution in [0.25, 0.3) is 0 Å². The van der Waals surface area contributed by atoms with Crippen molar-refractivity contribution in [3.63, 3.8) is 0 Å². The van der Waals surface area contributed by atoms with Crippen molar-refractivity contribution in [2.24, 2.45) is 0 Å². The summed E-state index contributed by atoms with van der Waals surface area (Å²) in [5.41, 5.74) is 0. The summed E-state index contributed by atoms with van der Waals surface area (Å²) in [6, 6.07) is 0.